The van der Waals surface area contributed by atoms with E-state index in [1.807, 2.05) is 17.8 Å². The lowest BCUT2D eigenvalue weighted by atomic mass is 9.96. The molecule has 0 spiro atoms. The summed E-state index contributed by atoms with van der Waals surface area (Å²) in [6.07, 6.45) is 9.96. The summed E-state index contributed by atoms with van der Waals surface area (Å²) in [6, 6.07) is 0.513. The third kappa shape index (κ3) is 3.47. The second-order valence-corrected chi connectivity index (χ2v) is 4.68. The van der Waals surface area contributed by atoms with E-state index in [9.17, 15) is 0 Å². The molecule has 0 aromatic carbocycles. The zero-order valence-corrected chi connectivity index (χ0v) is 10.4. The van der Waals surface area contributed by atoms with E-state index in [0.29, 0.717) is 18.5 Å². The molecule has 1 aliphatic rings. The third-order valence-electron chi connectivity index (χ3n) is 3.29. The predicted molar refractivity (Wildman–Crippen MR) is 68.5 cm³/mol. The highest BCUT2D eigenvalue weighted by Gasteiger charge is 2.13. The molecule has 2 rings (SSSR count). The number of hydrogen-bond donors (Lipinski definition) is 2. The maximum absolute atomic E-state index is 5.88. The summed E-state index contributed by atoms with van der Waals surface area (Å²) < 4.78 is 1.96. The van der Waals surface area contributed by atoms with E-state index < -0.39 is 0 Å². The van der Waals surface area contributed by atoms with Crippen LogP contribution in [0.25, 0.3) is 0 Å². The average Bonchev–Trinajstić information content (AvgIpc) is 2.74. The fraction of sp³-hybridized carbons (Fsp3) is 0.667. The van der Waals surface area contributed by atoms with Crippen LogP contribution in [0, 0.1) is 0 Å². The average molecular weight is 235 g/mol. The van der Waals surface area contributed by atoms with E-state index in [1.165, 1.54) is 32.1 Å². The Labute approximate surface area is 102 Å². The largest absolute Gasteiger partial charge is 0.370 e. The number of aryl methyl sites for hydroxylation is 1. The first kappa shape index (κ1) is 12.0. The van der Waals surface area contributed by atoms with Crippen molar-refractivity contribution in [2.24, 2.45) is 17.8 Å². The van der Waals surface area contributed by atoms with Crippen molar-refractivity contribution in [2.75, 3.05) is 0 Å². The zero-order chi connectivity index (χ0) is 12.1. The minimum absolute atomic E-state index is 0.513. The summed E-state index contributed by atoms with van der Waals surface area (Å²) in [7, 11) is 1.96. The summed E-state index contributed by atoms with van der Waals surface area (Å²) in [4.78, 5) is 8.39. The molecule has 0 bridgehead atoms. The van der Waals surface area contributed by atoms with Gasteiger partial charge in [-0.1, -0.05) is 19.3 Å². The van der Waals surface area contributed by atoms with E-state index >= 15 is 0 Å². The maximum Gasteiger partial charge on any atom is 0.189 e. The molecule has 0 atom stereocenters. The molecule has 17 heavy (non-hydrogen) atoms. The molecule has 1 aromatic heterocycles. The van der Waals surface area contributed by atoms with Crippen LogP contribution in [-0.2, 0) is 13.6 Å². The van der Waals surface area contributed by atoms with Gasteiger partial charge in [0.15, 0.2) is 5.96 Å². The van der Waals surface area contributed by atoms with Crippen molar-refractivity contribution in [1.82, 2.24) is 14.9 Å². The highest BCUT2D eigenvalue weighted by molar-refractivity contribution is 5.78. The number of guanidine groups is 1. The van der Waals surface area contributed by atoms with Gasteiger partial charge in [0.1, 0.15) is 0 Å². The summed E-state index contributed by atoms with van der Waals surface area (Å²) in [5, 5.41) is 3.30. The Kier molecular flexibility index (Phi) is 4.01. The quantitative estimate of drug-likeness (QED) is 0.610. The molecule has 5 heteroatoms. The normalized spacial score (nSPS) is 18.3. The second-order valence-electron chi connectivity index (χ2n) is 4.68. The topological polar surface area (TPSA) is 68.2 Å². The lowest BCUT2D eigenvalue weighted by Crippen LogP contribution is -2.41. The number of rotatable bonds is 3. The lowest BCUT2D eigenvalue weighted by Gasteiger charge is -2.23. The number of aromatic nitrogens is 2. The van der Waals surface area contributed by atoms with Crippen LogP contribution in [0.15, 0.2) is 17.5 Å². The summed E-state index contributed by atoms with van der Waals surface area (Å²) >= 11 is 0. The molecule has 1 heterocycles. The highest BCUT2D eigenvalue weighted by Crippen LogP contribution is 2.17. The van der Waals surface area contributed by atoms with E-state index in [0.717, 1.165) is 5.69 Å². The van der Waals surface area contributed by atoms with E-state index in [1.54, 1.807) is 6.33 Å². The van der Waals surface area contributed by atoms with Gasteiger partial charge in [-0.2, -0.15) is 0 Å². The van der Waals surface area contributed by atoms with Gasteiger partial charge in [-0.3, -0.25) is 0 Å². The van der Waals surface area contributed by atoms with Gasteiger partial charge in [0.25, 0.3) is 0 Å². The first-order chi connectivity index (χ1) is 8.25. The van der Waals surface area contributed by atoms with Gasteiger partial charge in [0, 0.05) is 13.1 Å². The first-order valence-electron chi connectivity index (χ1n) is 6.27. The summed E-state index contributed by atoms with van der Waals surface area (Å²) in [6.45, 7) is 0.585. The number of aliphatic imine (C=N–C) groups is 1. The minimum atomic E-state index is 0.513. The van der Waals surface area contributed by atoms with Crippen LogP contribution in [0.3, 0.4) is 0 Å². The van der Waals surface area contributed by atoms with Crippen molar-refractivity contribution in [3.05, 3.63) is 18.2 Å². The number of hydrogen-bond acceptors (Lipinski definition) is 2. The second kappa shape index (κ2) is 5.70. The van der Waals surface area contributed by atoms with Crippen LogP contribution >= 0.6 is 0 Å². The highest BCUT2D eigenvalue weighted by atomic mass is 15.1. The molecule has 0 amide bonds. The molecule has 0 aliphatic heterocycles. The Hall–Kier alpha value is -1.52. The molecule has 1 saturated carbocycles. The molecule has 0 saturated heterocycles. The van der Waals surface area contributed by atoms with Crippen molar-refractivity contribution >= 4 is 5.96 Å². The van der Waals surface area contributed by atoms with Gasteiger partial charge in [-0.25, -0.2) is 9.98 Å². The van der Waals surface area contributed by atoms with Crippen LogP contribution in [0.5, 0.6) is 0 Å². The van der Waals surface area contributed by atoms with Gasteiger partial charge in [-0.05, 0) is 12.8 Å². The lowest BCUT2D eigenvalue weighted by molar-refractivity contribution is 0.412. The molecule has 5 nitrogen and oxygen atoms in total. The van der Waals surface area contributed by atoms with Crippen molar-refractivity contribution in [3.8, 4) is 0 Å². The molecule has 1 fully saturated rings. The van der Waals surface area contributed by atoms with Gasteiger partial charge >= 0.3 is 0 Å². The molecular formula is C12H21N5. The molecule has 0 unspecified atom stereocenters. The molecule has 0 radical (unpaired) electrons. The Balaban J connectivity index is 1.82. The SMILES string of the molecule is Cn1cncc1CN=C(N)NC1CCCCC1. The molecule has 1 aromatic rings. The number of nitrogens with one attached hydrogen (secondary N) is 1. The van der Waals surface area contributed by atoms with Crippen LogP contribution in [0.4, 0.5) is 0 Å². The Morgan fingerprint density at radius 1 is 1.53 bits per heavy atom. The molecule has 1 aliphatic carbocycles. The predicted octanol–water partition coefficient (Wildman–Crippen LogP) is 1.16. The molecule has 94 valence electrons. The third-order valence-corrected chi connectivity index (χ3v) is 3.29. The van der Waals surface area contributed by atoms with Crippen LogP contribution in [-0.4, -0.2) is 21.6 Å². The zero-order valence-electron chi connectivity index (χ0n) is 10.4. The van der Waals surface area contributed by atoms with Crippen molar-refractivity contribution in [3.63, 3.8) is 0 Å². The fourth-order valence-corrected chi connectivity index (χ4v) is 2.20. The van der Waals surface area contributed by atoms with Crippen LogP contribution in [0.2, 0.25) is 0 Å². The molecule has 3 N–H and O–H groups in total. The smallest absolute Gasteiger partial charge is 0.189 e. The number of nitrogens with two attached hydrogens (primary N) is 1. The minimum Gasteiger partial charge on any atom is -0.370 e. The summed E-state index contributed by atoms with van der Waals surface area (Å²) in [5.74, 6) is 0.554. The fourth-order valence-electron chi connectivity index (χ4n) is 2.20. The monoisotopic (exact) mass is 235 g/mol. The van der Waals surface area contributed by atoms with E-state index in [2.05, 4.69) is 15.3 Å². The van der Waals surface area contributed by atoms with Gasteiger partial charge in [0.2, 0.25) is 0 Å². The van der Waals surface area contributed by atoms with Crippen molar-refractivity contribution in [1.29, 1.82) is 0 Å². The number of imidazole rings is 1. The van der Waals surface area contributed by atoms with E-state index in [4.69, 9.17) is 5.73 Å². The van der Waals surface area contributed by atoms with Crippen molar-refractivity contribution < 1.29 is 0 Å². The maximum atomic E-state index is 5.88. The van der Waals surface area contributed by atoms with Gasteiger partial charge in [-0.15, -0.1) is 0 Å². The van der Waals surface area contributed by atoms with Crippen molar-refractivity contribution in [2.45, 2.75) is 44.7 Å². The van der Waals surface area contributed by atoms with Crippen LogP contribution < -0.4 is 11.1 Å². The number of nitrogens with zero attached hydrogens (tertiary/aromatic N) is 3. The Bertz CT molecular complexity index is 376. The van der Waals surface area contributed by atoms with E-state index in [-0.39, 0.29) is 0 Å². The Morgan fingerprint density at radius 3 is 2.94 bits per heavy atom. The molecular weight excluding hydrogens is 214 g/mol. The Morgan fingerprint density at radius 2 is 2.29 bits per heavy atom. The summed E-state index contributed by atoms with van der Waals surface area (Å²) in [5.41, 5.74) is 6.95. The van der Waals surface area contributed by atoms with Gasteiger partial charge < -0.3 is 15.6 Å². The standard InChI is InChI=1S/C12H21N5/c1-17-9-14-7-11(17)8-15-12(13)16-10-5-3-2-4-6-10/h7,9-10H,2-6,8H2,1H3,(H3,13,15,16). The van der Waals surface area contributed by atoms with Crippen LogP contribution in [0.1, 0.15) is 37.8 Å². The first-order valence-corrected chi connectivity index (χ1v) is 6.27. The van der Waals surface area contributed by atoms with Gasteiger partial charge in [0.05, 0.1) is 24.8 Å².